The molecule has 2 nitrogen and oxygen atoms in total. The maximum atomic E-state index is 4.59. The summed E-state index contributed by atoms with van der Waals surface area (Å²) in [5.74, 6) is 0.690. The first kappa shape index (κ1) is 12.1. The average Bonchev–Trinajstić information content (AvgIpc) is 2.79. The van der Waals surface area contributed by atoms with E-state index < -0.39 is 0 Å². The predicted molar refractivity (Wildman–Crippen MR) is 79.5 cm³/mol. The molecular weight excluding hydrogens is 240 g/mol. The van der Waals surface area contributed by atoms with Crippen LogP contribution in [0.25, 0.3) is 0 Å². The summed E-state index contributed by atoms with van der Waals surface area (Å²) in [6.45, 7) is 4.29. The highest BCUT2D eigenvalue weighted by Gasteiger charge is 2.26. The van der Waals surface area contributed by atoms with Gasteiger partial charge in [-0.15, -0.1) is 0 Å². The van der Waals surface area contributed by atoms with Gasteiger partial charge in [-0.1, -0.05) is 49.4 Å². The summed E-state index contributed by atoms with van der Waals surface area (Å²) in [5.41, 5.74) is 3.05. The van der Waals surface area contributed by atoms with Gasteiger partial charge in [-0.05, 0) is 24.0 Å². The molecule has 0 amide bonds. The van der Waals surface area contributed by atoms with Crippen LogP contribution in [0, 0.1) is 0 Å². The highest BCUT2D eigenvalue weighted by molar-refractivity contribution is 8.14. The summed E-state index contributed by atoms with van der Waals surface area (Å²) in [7, 11) is 0. The summed E-state index contributed by atoms with van der Waals surface area (Å²) >= 11 is 1.93. The van der Waals surface area contributed by atoms with Gasteiger partial charge in [-0.2, -0.15) is 0 Å². The van der Waals surface area contributed by atoms with E-state index in [0.29, 0.717) is 11.2 Å². The van der Waals surface area contributed by atoms with Gasteiger partial charge in [0.1, 0.15) is 0 Å². The Morgan fingerprint density at radius 2 is 2.28 bits per heavy atom. The Bertz CT molecular complexity index is 456. The summed E-state index contributed by atoms with van der Waals surface area (Å²) in [6, 6.07) is 8.78. The van der Waals surface area contributed by atoms with E-state index in [4.69, 9.17) is 0 Å². The van der Waals surface area contributed by atoms with Crippen LogP contribution in [0.3, 0.4) is 0 Å². The lowest BCUT2D eigenvalue weighted by Gasteiger charge is -2.30. The van der Waals surface area contributed by atoms with E-state index in [2.05, 4.69) is 41.5 Å². The van der Waals surface area contributed by atoms with Crippen molar-refractivity contribution in [2.75, 3.05) is 13.1 Å². The fourth-order valence-corrected chi connectivity index (χ4v) is 3.88. The lowest BCUT2D eigenvalue weighted by Crippen LogP contribution is -2.31. The summed E-state index contributed by atoms with van der Waals surface area (Å²) in [5, 5.41) is 5.40. The minimum absolute atomic E-state index is 0.690. The number of nitrogens with zero attached hydrogens (tertiary/aromatic N) is 1. The number of rotatable bonds is 4. The molecule has 1 aromatic rings. The van der Waals surface area contributed by atoms with Crippen LogP contribution in [0.15, 0.2) is 29.3 Å². The fraction of sp³-hybridized carbons (Fsp3) is 0.533. The number of aliphatic imine (C=N–C) groups is 1. The first-order chi connectivity index (χ1) is 8.86. The topological polar surface area (TPSA) is 24.4 Å². The van der Waals surface area contributed by atoms with Crippen molar-refractivity contribution in [2.24, 2.45) is 4.99 Å². The van der Waals surface area contributed by atoms with Gasteiger partial charge in [-0.25, -0.2) is 0 Å². The van der Waals surface area contributed by atoms with E-state index in [1.807, 2.05) is 11.8 Å². The van der Waals surface area contributed by atoms with Crippen LogP contribution in [-0.2, 0) is 6.42 Å². The molecule has 3 rings (SSSR count). The molecule has 0 bridgehead atoms. The molecule has 1 heterocycles. The van der Waals surface area contributed by atoms with Gasteiger partial charge in [0.25, 0.3) is 0 Å². The molecule has 3 heteroatoms. The van der Waals surface area contributed by atoms with E-state index >= 15 is 0 Å². The largest absolute Gasteiger partial charge is 0.364 e. The predicted octanol–water partition coefficient (Wildman–Crippen LogP) is 3.19. The Labute approximate surface area is 113 Å². The number of amidine groups is 1. The van der Waals surface area contributed by atoms with Gasteiger partial charge in [0.15, 0.2) is 5.17 Å². The normalized spacial score (nSPS) is 25.3. The van der Waals surface area contributed by atoms with Crippen molar-refractivity contribution in [3.63, 3.8) is 0 Å². The molecule has 0 saturated heterocycles. The van der Waals surface area contributed by atoms with Gasteiger partial charge < -0.3 is 5.32 Å². The average molecular weight is 260 g/mol. The Balaban J connectivity index is 1.47. The monoisotopic (exact) mass is 260 g/mol. The van der Waals surface area contributed by atoms with Crippen LogP contribution in [0.5, 0.6) is 0 Å². The molecule has 2 atom stereocenters. The third kappa shape index (κ3) is 2.41. The van der Waals surface area contributed by atoms with Crippen molar-refractivity contribution in [3.8, 4) is 0 Å². The summed E-state index contributed by atoms with van der Waals surface area (Å²) in [6.07, 6.45) is 3.77. The molecule has 1 aromatic carbocycles. The number of fused-ring (bicyclic) bond motifs is 1. The van der Waals surface area contributed by atoms with Crippen LogP contribution in [0.4, 0.5) is 0 Å². The first-order valence-corrected chi connectivity index (χ1v) is 7.77. The molecule has 2 aliphatic rings. The minimum atomic E-state index is 0.690. The Morgan fingerprint density at radius 1 is 1.39 bits per heavy atom. The smallest absolute Gasteiger partial charge is 0.156 e. The molecular formula is C15H20N2S. The second-order valence-corrected chi connectivity index (χ2v) is 6.44. The highest BCUT2D eigenvalue weighted by atomic mass is 32.2. The number of hydrogen-bond donors (Lipinski definition) is 1. The lowest BCUT2D eigenvalue weighted by atomic mass is 9.78. The molecule has 0 aromatic heterocycles. The highest BCUT2D eigenvalue weighted by Crippen LogP contribution is 2.34. The van der Waals surface area contributed by atoms with Crippen LogP contribution in [0.1, 0.15) is 36.8 Å². The van der Waals surface area contributed by atoms with E-state index in [9.17, 15) is 0 Å². The maximum absolute atomic E-state index is 4.59. The molecule has 0 spiro atoms. The van der Waals surface area contributed by atoms with Crippen molar-refractivity contribution in [2.45, 2.75) is 37.4 Å². The van der Waals surface area contributed by atoms with Crippen LogP contribution < -0.4 is 5.32 Å². The fourth-order valence-electron chi connectivity index (χ4n) is 2.74. The van der Waals surface area contributed by atoms with E-state index in [-0.39, 0.29) is 0 Å². The van der Waals surface area contributed by atoms with Crippen LogP contribution in [-0.4, -0.2) is 23.5 Å². The Morgan fingerprint density at radius 3 is 3.11 bits per heavy atom. The molecule has 1 aliphatic carbocycles. The Hall–Kier alpha value is -0.960. The van der Waals surface area contributed by atoms with Gasteiger partial charge in [-0.3, -0.25) is 4.99 Å². The molecule has 0 fully saturated rings. The zero-order valence-electron chi connectivity index (χ0n) is 10.9. The quantitative estimate of drug-likeness (QED) is 0.899. The van der Waals surface area contributed by atoms with E-state index in [1.54, 1.807) is 0 Å². The first-order valence-electron chi connectivity index (χ1n) is 6.89. The zero-order chi connectivity index (χ0) is 12.4. The second kappa shape index (κ2) is 5.35. The number of hydrogen-bond acceptors (Lipinski definition) is 3. The van der Waals surface area contributed by atoms with E-state index in [1.165, 1.54) is 30.4 Å². The number of nitrogens with one attached hydrogen (secondary N) is 1. The van der Waals surface area contributed by atoms with Crippen LogP contribution in [0.2, 0.25) is 0 Å². The van der Waals surface area contributed by atoms with Gasteiger partial charge in [0.05, 0.1) is 6.54 Å². The van der Waals surface area contributed by atoms with Gasteiger partial charge >= 0.3 is 0 Å². The number of thioether (sulfide) groups is 1. The Kier molecular flexibility index (Phi) is 3.59. The standard InChI is InChI=1S/C15H20N2S/c1-2-5-13-10-17-15(18-13)16-9-12-8-11-6-3-4-7-14(11)12/h3-4,6-7,12-13H,2,5,8-10H2,1H3,(H,16,17). The second-order valence-electron chi connectivity index (χ2n) is 5.16. The summed E-state index contributed by atoms with van der Waals surface area (Å²) in [4.78, 5) is 4.59. The van der Waals surface area contributed by atoms with Crippen molar-refractivity contribution in [3.05, 3.63) is 35.4 Å². The molecule has 1 aliphatic heterocycles. The lowest BCUT2D eigenvalue weighted by molar-refractivity contribution is 0.592. The SMILES string of the molecule is CCCC1CN=C(NCC2Cc3ccccc32)S1. The molecule has 0 saturated carbocycles. The molecule has 96 valence electrons. The molecule has 1 N–H and O–H groups in total. The van der Waals surface area contributed by atoms with E-state index in [0.717, 1.165) is 18.3 Å². The van der Waals surface area contributed by atoms with Gasteiger partial charge in [0, 0.05) is 17.7 Å². The molecule has 2 unspecified atom stereocenters. The zero-order valence-corrected chi connectivity index (χ0v) is 11.7. The molecule has 0 radical (unpaired) electrons. The van der Waals surface area contributed by atoms with Crippen molar-refractivity contribution < 1.29 is 0 Å². The van der Waals surface area contributed by atoms with Crippen LogP contribution >= 0.6 is 11.8 Å². The number of benzene rings is 1. The van der Waals surface area contributed by atoms with Crippen molar-refractivity contribution in [1.82, 2.24) is 5.32 Å². The third-order valence-corrected chi connectivity index (χ3v) is 5.00. The summed E-state index contributed by atoms with van der Waals surface area (Å²) < 4.78 is 0. The van der Waals surface area contributed by atoms with Gasteiger partial charge in [0.2, 0.25) is 0 Å². The third-order valence-electron chi connectivity index (χ3n) is 3.79. The maximum Gasteiger partial charge on any atom is 0.156 e. The van der Waals surface area contributed by atoms with Crippen molar-refractivity contribution in [1.29, 1.82) is 0 Å². The van der Waals surface area contributed by atoms with Crippen molar-refractivity contribution >= 4 is 16.9 Å². The molecule has 18 heavy (non-hydrogen) atoms. The minimum Gasteiger partial charge on any atom is -0.364 e.